The molecule has 2 aliphatic heterocycles. The van der Waals surface area contributed by atoms with E-state index >= 15 is 0 Å². The lowest BCUT2D eigenvalue weighted by Gasteiger charge is -2.19. The molecule has 0 radical (unpaired) electrons. The first-order valence-electron chi connectivity index (χ1n) is 10.1. The third kappa shape index (κ3) is 3.59. The van der Waals surface area contributed by atoms with E-state index in [-0.39, 0.29) is 11.5 Å². The Balaban J connectivity index is 1.32. The SMILES string of the molecule is Cc1ccn(-c2ccc(N3CCC(c4cc(=O)[nH]c(N5CCCC5)n4)C3)nn2)n1. The first-order chi connectivity index (χ1) is 14.2. The van der Waals surface area contributed by atoms with Gasteiger partial charge in [-0.05, 0) is 44.4 Å². The van der Waals surface area contributed by atoms with Crippen molar-refractivity contribution in [2.75, 3.05) is 36.0 Å². The minimum atomic E-state index is -0.0750. The zero-order valence-corrected chi connectivity index (χ0v) is 16.5. The standard InChI is InChI=1S/C20H24N8O/c1-14-6-11-28(25-14)18-5-4-17(23-24-18)27-10-7-15(13-27)16-12-19(29)22-20(21-16)26-8-2-3-9-26/h4-6,11-12,15H,2-3,7-10,13H2,1H3,(H,21,22,29). The molecule has 3 aromatic heterocycles. The number of rotatable bonds is 4. The van der Waals surface area contributed by atoms with Gasteiger partial charge in [0.25, 0.3) is 5.56 Å². The molecule has 0 spiro atoms. The Morgan fingerprint density at radius 2 is 1.83 bits per heavy atom. The van der Waals surface area contributed by atoms with E-state index in [9.17, 15) is 4.79 Å². The summed E-state index contributed by atoms with van der Waals surface area (Å²) < 4.78 is 1.72. The lowest BCUT2D eigenvalue weighted by molar-refractivity contribution is 0.727. The van der Waals surface area contributed by atoms with Crippen molar-refractivity contribution < 1.29 is 0 Å². The number of hydrogen-bond donors (Lipinski definition) is 1. The number of nitrogens with one attached hydrogen (secondary N) is 1. The minimum absolute atomic E-state index is 0.0750. The van der Waals surface area contributed by atoms with E-state index in [1.165, 1.54) is 0 Å². The topological polar surface area (TPSA) is 95.8 Å². The van der Waals surface area contributed by atoms with Crippen LogP contribution in [0.25, 0.3) is 5.82 Å². The highest BCUT2D eigenvalue weighted by Gasteiger charge is 2.27. The van der Waals surface area contributed by atoms with Crippen LogP contribution in [0.1, 0.15) is 36.6 Å². The number of aromatic amines is 1. The molecule has 3 aromatic rings. The van der Waals surface area contributed by atoms with E-state index in [1.54, 1.807) is 10.7 Å². The van der Waals surface area contributed by atoms with Crippen LogP contribution in [0.3, 0.4) is 0 Å². The fourth-order valence-corrected chi connectivity index (χ4v) is 4.11. The molecule has 0 aliphatic carbocycles. The van der Waals surface area contributed by atoms with Gasteiger partial charge < -0.3 is 9.80 Å². The normalized spacial score (nSPS) is 19.3. The maximum Gasteiger partial charge on any atom is 0.252 e. The Labute approximate surface area is 168 Å². The monoisotopic (exact) mass is 392 g/mol. The van der Waals surface area contributed by atoms with Crippen LogP contribution in [0.2, 0.25) is 0 Å². The number of H-pyrrole nitrogens is 1. The molecule has 9 heteroatoms. The predicted octanol–water partition coefficient (Wildman–Crippen LogP) is 1.65. The summed E-state index contributed by atoms with van der Waals surface area (Å²) in [6, 6.07) is 7.48. The Morgan fingerprint density at radius 3 is 2.55 bits per heavy atom. The molecule has 5 heterocycles. The van der Waals surface area contributed by atoms with Gasteiger partial charge in [-0.3, -0.25) is 9.78 Å². The fourth-order valence-electron chi connectivity index (χ4n) is 4.11. The largest absolute Gasteiger partial charge is 0.354 e. The molecular formula is C20H24N8O. The number of hydrogen-bond acceptors (Lipinski definition) is 7. The summed E-state index contributed by atoms with van der Waals surface area (Å²) in [5.41, 5.74) is 1.74. The van der Waals surface area contributed by atoms with Crippen molar-refractivity contribution >= 4 is 11.8 Å². The summed E-state index contributed by atoms with van der Waals surface area (Å²) in [4.78, 5) is 24.2. The lowest BCUT2D eigenvalue weighted by atomic mass is 10.1. The average Bonchev–Trinajstić information content (AvgIpc) is 3.49. The van der Waals surface area contributed by atoms with Crippen molar-refractivity contribution in [3.8, 4) is 5.82 Å². The number of aromatic nitrogens is 6. The summed E-state index contributed by atoms with van der Waals surface area (Å²) in [6.45, 7) is 5.51. The lowest BCUT2D eigenvalue weighted by Crippen LogP contribution is -2.26. The average molecular weight is 392 g/mol. The van der Waals surface area contributed by atoms with Crippen LogP contribution < -0.4 is 15.4 Å². The van der Waals surface area contributed by atoms with Gasteiger partial charge in [0.2, 0.25) is 5.95 Å². The van der Waals surface area contributed by atoms with Crippen LogP contribution in [0.15, 0.2) is 35.3 Å². The molecule has 9 nitrogen and oxygen atoms in total. The molecular weight excluding hydrogens is 368 g/mol. The Kier molecular flexibility index (Phi) is 4.49. The molecule has 0 amide bonds. The molecule has 0 saturated carbocycles. The zero-order valence-electron chi connectivity index (χ0n) is 16.5. The van der Waals surface area contributed by atoms with E-state index in [0.717, 1.165) is 62.6 Å². The van der Waals surface area contributed by atoms with Gasteiger partial charge >= 0.3 is 0 Å². The van der Waals surface area contributed by atoms with E-state index < -0.39 is 0 Å². The van der Waals surface area contributed by atoms with Crippen LogP contribution in [0.4, 0.5) is 11.8 Å². The highest BCUT2D eigenvalue weighted by Crippen LogP contribution is 2.29. The van der Waals surface area contributed by atoms with E-state index in [1.807, 2.05) is 31.3 Å². The van der Waals surface area contributed by atoms with Crippen molar-refractivity contribution in [2.24, 2.45) is 0 Å². The van der Waals surface area contributed by atoms with Gasteiger partial charge in [0, 0.05) is 44.4 Å². The molecule has 1 unspecified atom stereocenters. The Hall–Kier alpha value is -3.23. The molecule has 150 valence electrons. The second kappa shape index (κ2) is 7.31. The van der Waals surface area contributed by atoms with Crippen LogP contribution >= 0.6 is 0 Å². The maximum atomic E-state index is 12.2. The smallest absolute Gasteiger partial charge is 0.252 e. The zero-order chi connectivity index (χ0) is 19.8. The van der Waals surface area contributed by atoms with Crippen molar-refractivity contribution in [1.82, 2.24) is 29.9 Å². The molecule has 2 fully saturated rings. The Morgan fingerprint density at radius 1 is 1.03 bits per heavy atom. The molecule has 29 heavy (non-hydrogen) atoms. The van der Waals surface area contributed by atoms with Gasteiger partial charge in [-0.1, -0.05) is 0 Å². The first kappa shape index (κ1) is 17.8. The summed E-state index contributed by atoms with van der Waals surface area (Å²) in [5, 5.41) is 13.1. The molecule has 0 bridgehead atoms. The van der Waals surface area contributed by atoms with Gasteiger partial charge in [0.1, 0.15) is 0 Å². The quantitative estimate of drug-likeness (QED) is 0.721. The number of nitrogens with zero attached hydrogens (tertiary/aromatic N) is 7. The summed E-state index contributed by atoms with van der Waals surface area (Å²) >= 11 is 0. The molecule has 1 atom stereocenters. The molecule has 2 saturated heterocycles. The highest BCUT2D eigenvalue weighted by atomic mass is 16.1. The van der Waals surface area contributed by atoms with Gasteiger partial charge in [-0.2, -0.15) is 5.10 Å². The third-order valence-corrected chi connectivity index (χ3v) is 5.68. The van der Waals surface area contributed by atoms with E-state index in [4.69, 9.17) is 4.98 Å². The summed E-state index contributed by atoms with van der Waals surface area (Å²) in [5.74, 6) is 2.46. The van der Waals surface area contributed by atoms with Gasteiger partial charge in [0.05, 0.1) is 11.4 Å². The molecule has 5 rings (SSSR count). The predicted molar refractivity (Wildman–Crippen MR) is 110 cm³/mol. The van der Waals surface area contributed by atoms with Crippen molar-refractivity contribution in [3.05, 3.63) is 52.2 Å². The molecule has 0 aromatic carbocycles. The minimum Gasteiger partial charge on any atom is -0.354 e. The van der Waals surface area contributed by atoms with Gasteiger partial charge in [-0.25, -0.2) is 9.67 Å². The van der Waals surface area contributed by atoms with Crippen molar-refractivity contribution in [1.29, 1.82) is 0 Å². The maximum absolute atomic E-state index is 12.2. The third-order valence-electron chi connectivity index (χ3n) is 5.68. The van der Waals surface area contributed by atoms with Crippen LogP contribution in [-0.4, -0.2) is 56.1 Å². The fraction of sp³-hybridized carbons (Fsp3) is 0.450. The van der Waals surface area contributed by atoms with Crippen molar-refractivity contribution in [3.63, 3.8) is 0 Å². The van der Waals surface area contributed by atoms with Crippen LogP contribution in [0, 0.1) is 6.92 Å². The second-order valence-corrected chi connectivity index (χ2v) is 7.77. The van der Waals surface area contributed by atoms with Crippen LogP contribution in [0.5, 0.6) is 0 Å². The Bertz CT molecular complexity index is 1050. The van der Waals surface area contributed by atoms with E-state index in [0.29, 0.717) is 11.8 Å². The molecule has 1 N–H and O–H groups in total. The van der Waals surface area contributed by atoms with Crippen molar-refractivity contribution in [2.45, 2.75) is 32.1 Å². The summed E-state index contributed by atoms with van der Waals surface area (Å²) in [6.07, 6.45) is 5.12. The van der Waals surface area contributed by atoms with Crippen LogP contribution in [-0.2, 0) is 0 Å². The second-order valence-electron chi connectivity index (χ2n) is 7.77. The first-order valence-corrected chi connectivity index (χ1v) is 10.1. The highest BCUT2D eigenvalue weighted by molar-refractivity contribution is 5.42. The van der Waals surface area contributed by atoms with Gasteiger partial charge in [0.15, 0.2) is 11.6 Å². The summed E-state index contributed by atoms with van der Waals surface area (Å²) in [7, 11) is 0. The number of aryl methyl sites for hydroxylation is 1. The molecule has 2 aliphatic rings. The van der Waals surface area contributed by atoms with E-state index in [2.05, 4.69) is 30.1 Å². The van der Waals surface area contributed by atoms with Gasteiger partial charge in [-0.15, -0.1) is 10.2 Å². The number of anilines is 2.